The second-order valence-corrected chi connectivity index (χ2v) is 10.1. The lowest BCUT2D eigenvalue weighted by Crippen LogP contribution is -2.42. The quantitative estimate of drug-likeness (QED) is 0.509. The Balaban J connectivity index is 1.10. The van der Waals surface area contributed by atoms with Crippen molar-refractivity contribution in [3.8, 4) is 11.5 Å². The number of amides is 2. The normalized spacial score (nSPS) is 21.2. The van der Waals surface area contributed by atoms with E-state index in [0.29, 0.717) is 12.8 Å². The third-order valence-electron chi connectivity index (χ3n) is 7.41. The number of rotatable bonds is 10. The van der Waals surface area contributed by atoms with Crippen LogP contribution in [0.25, 0.3) is 0 Å². The Labute approximate surface area is 207 Å². The first-order valence-corrected chi connectivity index (χ1v) is 12.7. The van der Waals surface area contributed by atoms with Crippen molar-refractivity contribution >= 4 is 17.5 Å². The van der Waals surface area contributed by atoms with Crippen molar-refractivity contribution in [1.29, 1.82) is 0 Å². The van der Waals surface area contributed by atoms with Gasteiger partial charge in [0.2, 0.25) is 11.8 Å². The molecule has 0 radical (unpaired) electrons. The van der Waals surface area contributed by atoms with Crippen molar-refractivity contribution in [3.05, 3.63) is 54.1 Å². The predicted molar refractivity (Wildman–Crippen MR) is 135 cm³/mol. The highest BCUT2D eigenvalue weighted by Crippen LogP contribution is 2.46. The first kappa shape index (κ1) is 23.5. The third-order valence-corrected chi connectivity index (χ3v) is 7.41. The van der Waals surface area contributed by atoms with E-state index in [2.05, 4.69) is 39.8 Å². The van der Waals surface area contributed by atoms with Crippen molar-refractivity contribution in [2.45, 2.75) is 51.2 Å². The molecule has 1 heterocycles. The lowest BCUT2D eigenvalue weighted by molar-refractivity contribution is -0.137. The minimum absolute atomic E-state index is 0.131. The molecule has 5 rings (SSSR count). The Morgan fingerprint density at radius 3 is 2.31 bits per heavy atom. The summed E-state index contributed by atoms with van der Waals surface area (Å²) in [6.45, 7) is 4.57. The van der Waals surface area contributed by atoms with Crippen LogP contribution < -0.4 is 25.0 Å². The molecule has 7 heteroatoms. The van der Waals surface area contributed by atoms with Gasteiger partial charge in [0.25, 0.3) is 0 Å². The minimum Gasteiger partial charge on any atom is -0.493 e. The zero-order valence-electron chi connectivity index (χ0n) is 20.6. The van der Waals surface area contributed by atoms with Gasteiger partial charge in [0.15, 0.2) is 0 Å². The van der Waals surface area contributed by atoms with Gasteiger partial charge < -0.3 is 25.0 Å². The van der Waals surface area contributed by atoms with Crippen molar-refractivity contribution in [1.82, 2.24) is 10.6 Å². The van der Waals surface area contributed by atoms with Crippen LogP contribution in [0.15, 0.2) is 48.5 Å². The maximum absolute atomic E-state index is 12.6. The Kier molecular flexibility index (Phi) is 6.58. The molecule has 186 valence electrons. The van der Waals surface area contributed by atoms with Gasteiger partial charge in [0, 0.05) is 25.7 Å². The van der Waals surface area contributed by atoms with Gasteiger partial charge in [-0.2, -0.15) is 0 Å². The molecule has 1 saturated heterocycles. The number of anilines is 1. The Hall–Kier alpha value is -3.22. The van der Waals surface area contributed by atoms with E-state index in [9.17, 15) is 9.59 Å². The molecule has 0 spiro atoms. The highest BCUT2D eigenvalue weighted by atomic mass is 16.5. The van der Waals surface area contributed by atoms with Gasteiger partial charge in [0.05, 0.1) is 19.2 Å². The molecule has 3 fully saturated rings. The van der Waals surface area contributed by atoms with Crippen molar-refractivity contribution < 1.29 is 19.1 Å². The number of ether oxygens (including phenoxy) is 2. The summed E-state index contributed by atoms with van der Waals surface area (Å²) in [6.07, 6.45) is 4.90. The van der Waals surface area contributed by atoms with Crippen LogP contribution in [0.1, 0.15) is 50.6 Å². The summed E-state index contributed by atoms with van der Waals surface area (Å²) in [5, 5.41) is 5.60. The van der Waals surface area contributed by atoms with Crippen LogP contribution in [0.4, 0.5) is 5.69 Å². The topological polar surface area (TPSA) is 79.9 Å². The lowest BCUT2D eigenvalue weighted by Gasteiger charge is -2.20. The molecular formula is C28H35N3O4. The number of carbonyl (C=O) groups excluding carboxylic acids is 2. The number of nitrogens with zero attached hydrogens (tertiary/aromatic N) is 1. The molecule has 2 amide bonds. The van der Waals surface area contributed by atoms with E-state index in [-0.39, 0.29) is 24.0 Å². The van der Waals surface area contributed by atoms with Crippen LogP contribution in [0.2, 0.25) is 0 Å². The van der Waals surface area contributed by atoms with E-state index >= 15 is 0 Å². The molecule has 2 aromatic rings. The van der Waals surface area contributed by atoms with Gasteiger partial charge in [0.1, 0.15) is 23.0 Å². The SMILES string of the molecule is CNC(=O)C1(C(=O)N[C@@H](C)c2ccc(O[C@@H]3CCN(c4ccc(OCC5CC5)cc4)C3)cc2)CC1. The van der Waals surface area contributed by atoms with Gasteiger partial charge in [-0.15, -0.1) is 0 Å². The minimum atomic E-state index is -0.885. The number of benzene rings is 2. The predicted octanol–water partition coefficient (Wildman–Crippen LogP) is 3.84. The summed E-state index contributed by atoms with van der Waals surface area (Å²) in [4.78, 5) is 27.0. The average Bonchev–Trinajstić information content (AvgIpc) is 3.81. The fraction of sp³-hybridized carbons (Fsp3) is 0.500. The van der Waals surface area contributed by atoms with Gasteiger partial charge in [-0.3, -0.25) is 9.59 Å². The van der Waals surface area contributed by atoms with Crippen LogP contribution in [-0.2, 0) is 9.59 Å². The highest BCUT2D eigenvalue weighted by Gasteiger charge is 2.56. The zero-order valence-corrected chi connectivity index (χ0v) is 20.6. The van der Waals surface area contributed by atoms with Crippen LogP contribution in [-0.4, -0.2) is 44.7 Å². The Bertz CT molecular complexity index is 1040. The van der Waals surface area contributed by atoms with Gasteiger partial charge in [-0.25, -0.2) is 0 Å². The van der Waals surface area contributed by atoms with E-state index < -0.39 is 5.41 Å². The maximum atomic E-state index is 12.6. The first-order valence-electron chi connectivity index (χ1n) is 12.7. The van der Waals surface area contributed by atoms with Gasteiger partial charge >= 0.3 is 0 Å². The monoisotopic (exact) mass is 477 g/mol. The molecule has 1 aliphatic heterocycles. The summed E-state index contributed by atoms with van der Waals surface area (Å²) in [6, 6.07) is 16.1. The molecule has 3 aliphatic rings. The second-order valence-electron chi connectivity index (χ2n) is 10.1. The first-order chi connectivity index (χ1) is 17.0. The van der Waals surface area contributed by atoms with E-state index in [1.54, 1.807) is 7.05 Å². The largest absolute Gasteiger partial charge is 0.493 e. The van der Waals surface area contributed by atoms with Crippen molar-refractivity contribution in [2.75, 3.05) is 31.6 Å². The third kappa shape index (κ3) is 5.39. The van der Waals surface area contributed by atoms with E-state index in [4.69, 9.17) is 9.47 Å². The Morgan fingerprint density at radius 1 is 1.00 bits per heavy atom. The van der Waals surface area contributed by atoms with E-state index in [0.717, 1.165) is 49.1 Å². The molecule has 2 saturated carbocycles. The Morgan fingerprint density at radius 2 is 1.69 bits per heavy atom. The number of hydrogen-bond donors (Lipinski definition) is 2. The molecule has 2 N–H and O–H groups in total. The summed E-state index contributed by atoms with van der Waals surface area (Å²) < 4.78 is 12.1. The van der Waals surface area contributed by atoms with Crippen LogP contribution in [0.3, 0.4) is 0 Å². The fourth-order valence-electron chi connectivity index (χ4n) is 4.68. The molecule has 7 nitrogen and oxygen atoms in total. The zero-order chi connectivity index (χ0) is 24.4. The smallest absolute Gasteiger partial charge is 0.236 e. The number of hydrogen-bond acceptors (Lipinski definition) is 5. The highest BCUT2D eigenvalue weighted by molar-refractivity contribution is 6.07. The molecule has 2 aromatic carbocycles. The van der Waals surface area contributed by atoms with Crippen LogP contribution in [0, 0.1) is 11.3 Å². The standard InChI is InChI=1S/C28H35N3O4/c1-19(30-27(33)28(14-15-28)26(32)29-2)21-5-9-24(10-6-21)35-25-13-16-31(17-25)22-7-11-23(12-8-22)34-18-20-3-4-20/h5-12,19-20,25H,3-4,13-18H2,1-2H3,(H,29,32)(H,30,33)/t19-,25+/m0/s1. The molecule has 0 aromatic heterocycles. The van der Waals surface area contributed by atoms with E-state index in [1.807, 2.05) is 31.2 Å². The lowest BCUT2D eigenvalue weighted by atomic mass is 10.0. The molecule has 2 atom stereocenters. The number of carbonyl (C=O) groups is 2. The fourth-order valence-corrected chi connectivity index (χ4v) is 4.68. The number of nitrogens with one attached hydrogen (secondary N) is 2. The van der Waals surface area contributed by atoms with Gasteiger partial charge in [-0.1, -0.05) is 12.1 Å². The van der Waals surface area contributed by atoms with Crippen LogP contribution >= 0.6 is 0 Å². The molecule has 0 unspecified atom stereocenters. The van der Waals surface area contributed by atoms with Crippen LogP contribution in [0.5, 0.6) is 11.5 Å². The van der Waals surface area contributed by atoms with Crippen molar-refractivity contribution in [2.24, 2.45) is 11.3 Å². The summed E-state index contributed by atoms with van der Waals surface area (Å²) >= 11 is 0. The maximum Gasteiger partial charge on any atom is 0.236 e. The molecule has 0 bridgehead atoms. The van der Waals surface area contributed by atoms with E-state index in [1.165, 1.54) is 18.5 Å². The summed E-state index contributed by atoms with van der Waals surface area (Å²) in [7, 11) is 1.57. The summed E-state index contributed by atoms with van der Waals surface area (Å²) in [5.41, 5.74) is 1.29. The summed E-state index contributed by atoms with van der Waals surface area (Å²) in [5.74, 6) is 2.13. The van der Waals surface area contributed by atoms with Crippen molar-refractivity contribution in [3.63, 3.8) is 0 Å². The molecule has 35 heavy (non-hydrogen) atoms. The van der Waals surface area contributed by atoms with Gasteiger partial charge in [-0.05, 0) is 80.5 Å². The molecule has 2 aliphatic carbocycles. The second kappa shape index (κ2) is 9.80. The average molecular weight is 478 g/mol. The molecular weight excluding hydrogens is 442 g/mol.